The van der Waals surface area contributed by atoms with Crippen LogP contribution in [0.4, 0.5) is 0 Å². The maximum absolute atomic E-state index is 11.7. The predicted molar refractivity (Wildman–Crippen MR) is 68.7 cm³/mol. The molecule has 2 N–H and O–H groups in total. The number of carbonyl (C=O) groups is 1. The molecule has 1 amide bonds. The second kappa shape index (κ2) is 5.83. The lowest BCUT2D eigenvalue weighted by Gasteiger charge is -2.25. The lowest BCUT2D eigenvalue weighted by Crippen LogP contribution is -2.45. The highest BCUT2D eigenvalue weighted by Gasteiger charge is 2.29. The van der Waals surface area contributed by atoms with E-state index in [2.05, 4.69) is 33.0 Å². The molecule has 1 aliphatic heterocycles. The number of hydrogen-bond acceptors (Lipinski definition) is 3. The molecule has 1 saturated heterocycles. The third-order valence-electron chi connectivity index (χ3n) is 3.17. The highest BCUT2D eigenvalue weighted by molar-refractivity contribution is 5.78. The topological polar surface area (TPSA) is 52.6 Å². The summed E-state index contributed by atoms with van der Waals surface area (Å²) in [5.41, 5.74) is 0.00194. The second-order valence-electron chi connectivity index (χ2n) is 6.06. The van der Waals surface area contributed by atoms with Crippen LogP contribution in [0.25, 0.3) is 0 Å². The third kappa shape index (κ3) is 5.04. The summed E-state index contributed by atoms with van der Waals surface area (Å²) in [4.78, 5) is 13.5. The Bertz CT molecular complexity index is 261. The highest BCUT2D eigenvalue weighted by atomic mass is 16.3. The molecule has 0 aromatic heterocycles. The standard InChI is InChI=1S/C13H26N2O2/c1-5-10-6-12(17)15(8-10)9-11(16)7-14-13(2,3)4/h10-11,14,16H,5-9H2,1-4H3. The summed E-state index contributed by atoms with van der Waals surface area (Å²) in [5.74, 6) is 0.664. The van der Waals surface area contributed by atoms with Crippen molar-refractivity contribution in [1.29, 1.82) is 0 Å². The molecular formula is C13H26N2O2. The van der Waals surface area contributed by atoms with Gasteiger partial charge in [-0.3, -0.25) is 4.79 Å². The van der Waals surface area contributed by atoms with Crippen molar-refractivity contribution in [3.05, 3.63) is 0 Å². The Morgan fingerprint density at radius 2 is 2.18 bits per heavy atom. The predicted octanol–water partition coefficient (Wildman–Crippen LogP) is 0.994. The molecule has 0 aromatic rings. The van der Waals surface area contributed by atoms with Crippen LogP contribution in [0.2, 0.25) is 0 Å². The first-order chi connectivity index (χ1) is 7.81. The maximum atomic E-state index is 11.7. The van der Waals surface area contributed by atoms with Crippen LogP contribution in [0.1, 0.15) is 40.5 Å². The fourth-order valence-corrected chi connectivity index (χ4v) is 2.05. The van der Waals surface area contributed by atoms with Gasteiger partial charge in [0, 0.05) is 31.6 Å². The van der Waals surface area contributed by atoms with E-state index in [1.807, 2.05) is 0 Å². The zero-order valence-corrected chi connectivity index (χ0v) is 11.5. The number of aliphatic hydroxyl groups excluding tert-OH is 1. The monoisotopic (exact) mass is 242 g/mol. The smallest absolute Gasteiger partial charge is 0.223 e. The molecule has 0 aliphatic carbocycles. The minimum Gasteiger partial charge on any atom is -0.390 e. The van der Waals surface area contributed by atoms with Gasteiger partial charge in [0.25, 0.3) is 0 Å². The Morgan fingerprint density at radius 1 is 1.53 bits per heavy atom. The third-order valence-corrected chi connectivity index (χ3v) is 3.17. The van der Waals surface area contributed by atoms with Crippen molar-refractivity contribution in [2.75, 3.05) is 19.6 Å². The molecule has 2 atom stereocenters. The average molecular weight is 242 g/mol. The molecule has 4 heteroatoms. The van der Waals surface area contributed by atoms with Crippen molar-refractivity contribution in [1.82, 2.24) is 10.2 Å². The van der Waals surface area contributed by atoms with Gasteiger partial charge < -0.3 is 15.3 Å². The van der Waals surface area contributed by atoms with Gasteiger partial charge in [-0.2, -0.15) is 0 Å². The van der Waals surface area contributed by atoms with Crippen molar-refractivity contribution < 1.29 is 9.90 Å². The lowest BCUT2D eigenvalue weighted by atomic mass is 10.1. The van der Waals surface area contributed by atoms with E-state index in [4.69, 9.17) is 0 Å². The van der Waals surface area contributed by atoms with Gasteiger partial charge in [-0.25, -0.2) is 0 Å². The number of hydrogen-bond donors (Lipinski definition) is 2. The number of aliphatic hydroxyl groups is 1. The van der Waals surface area contributed by atoms with Gasteiger partial charge in [0.1, 0.15) is 0 Å². The average Bonchev–Trinajstić information content (AvgIpc) is 2.56. The molecule has 2 unspecified atom stereocenters. The van der Waals surface area contributed by atoms with Crippen molar-refractivity contribution in [2.24, 2.45) is 5.92 Å². The van der Waals surface area contributed by atoms with Gasteiger partial charge in [-0.15, -0.1) is 0 Å². The first kappa shape index (κ1) is 14.5. The lowest BCUT2D eigenvalue weighted by molar-refractivity contribution is -0.128. The minimum atomic E-state index is -0.478. The molecule has 1 rings (SSSR count). The summed E-state index contributed by atoms with van der Waals surface area (Å²) in [5, 5.41) is 13.1. The number of β-amino-alcohol motifs (C(OH)–C–C–N with tert-alkyl or cyclic N) is 1. The molecule has 1 fully saturated rings. The molecule has 0 spiro atoms. The summed E-state index contributed by atoms with van der Waals surface area (Å²) >= 11 is 0. The number of carbonyl (C=O) groups excluding carboxylic acids is 1. The van der Waals surface area contributed by atoms with Crippen LogP contribution in [-0.2, 0) is 4.79 Å². The van der Waals surface area contributed by atoms with Crippen LogP contribution in [0.15, 0.2) is 0 Å². The van der Waals surface area contributed by atoms with Crippen molar-refractivity contribution in [2.45, 2.75) is 52.2 Å². The molecule has 0 radical (unpaired) electrons. The Balaban J connectivity index is 2.31. The van der Waals surface area contributed by atoms with Gasteiger partial charge >= 0.3 is 0 Å². The van der Waals surface area contributed by atoms with Gasteiger partial charge in [-0.05, 0) is 26.7 Å². The van der Waals surface area contributed by atoms with E-state index in [1.165, 1.54) is 0 Å². The Labute approximate surface area is 104 Å². The Hall–Kier alpha value is -0.610. The number of likely N-dealkylation sites (tertiary alicyclic amines) is 1. The Kier molecular flexibility index (Phi) is 4.95. The zero-order chi connectivity index (χ0) is 13.1. The van der Waals surface area contributed by atoms with E-state index < -0.39 is 6.10 Å². The normalized spacial score (nSPS) is 23.2. The molecule has 0 bridgehead atoms. The molecule has 1 heterocycles. The van der Waals surface area contributed by atoms with Crippen molar-refractivity contribution >= 4 is 5.91 Å². The number of nitrogens with zero attached hydrogens (tertiary/aromatic N) is 1. The molecule has 0 saturated carbocycles. The largest absolute Gasteiger partial charge is 0.390 e. The van der Waals surface area contributed by atoms with Crippen LogP contribution in [-0.4, -0.2) is 47.2 Å². The quantitative estimate of drug-likeness (QED) is 0.756. The summed E-state index contributed by atoms with van der Waals surface area (Å²) in [7, 11) is 0. The van der Waals surface area contributed by atoms with Crippen LogP contribution in [0.5, 0.6) is 0 Å². The summed E-state index contributed by atoms with van der Waals surface area (Å²) in [6, 6.07) is 0. The van der Waals surface area contributed by atoms with Gasteiger partial charge in [-0.1, -0.05) is 13.3 Å². The van der Waals surface area contributed by atoms with Crippen LogP contribution in [0, 0.1) is 5.92 Å². The van der Waals surface area contributed by atoms with Gasteiger partial charge in [0.15, 0.2) is 0 Å². The van der Waals surface area contributed by atoms with Crippen LogP contribution in [0.3, 0.4) is 0 Å². The summed E-state index contributed by atoms with van der Waals surface area (Å²) in [6.07, 6.45) is 1.21. The van der Waals surface area contributed by atoms with E-state index in [0.717, 1.165) is 13.0 Å². The molecule has 17 heavy (non-hydrogen) atoms. The molecule has 0 aromatic carbocycles. The highest BCUT2D eigenvalue weighted by Crippen LogP contribution is 2.20. The fraction of sp³-hybridized carbons (Fsp3) is 0.923. The van der Waals surface area contributed by atoms with E-state index in [-0.39, 0.29) is 11.4 Å². The maximum Gasteiger partial charge on any atom is 0.223 e. The van der Waals surface area contributed by atoms with Gasteiger partial charge in [0.05, 0.1) is 6.10 Å². The molecule has 100 valence electrons. The SMILES string of the molecule is CCC1CC(=O)N(CC(O)CNC(C)(C)C)C1. The molecular weight excluding hydrogens is 216 g/mol. The van der Waals surface area contributed by atoms with Crippen LogP contribution < -0.4 is 5.32 Å². The van der Waals surface area contributed by atoms with E-state index in [1.54, 1.807) is 4.90 Å². The first-order valence-corrected chi connectivity index (χ1v) is 6.52. The van der Waals surface area contributed by atoms with Crippen LogP contribution >= 0.6 is 0 Å². The summed E-state index contributed by atoms with van der Waals surface area (Å²) in [6.45, 7) is 10.1. The minimum absolute atomic E-state index is 0.00194. The van der Waals surface area contributed by atoms with Crippen molar-refractivity contribution in [3.63, 3.8) is 0 Å². The van der Waals surface area contributed by atoms with Gasteiger partial charge in [0.2, 0.25) is 5.91 Å². The number of nitrogens with one attached hydrogen (secondary N) is 1. The Morgan fingerprint density at radius 3 is 2.65 bits per heavy atom. The van der Waals surface area contributed by atoms with E-state index in [0.29, 0.717) is 25.4 Å². The first-order valence-electron chi connectivity index (χ1n) is 6.52. The van der Waals surface area contributed by atoms with E-state index in [9.17, 15) is 9.90 Å². The summed E-state index contributed by atoms with van der Waals surface area (Å²) < 4.78 is 0. The second-order valence-corrected chi connectivity index (χ2v) is 6.06. The van der Waals surface area contributed by atoms with Crippen molar-refractivity contribution in [3.8, 4) is 0 Å². The number of amides is 1. The fourth-order valence-electron chi connectivity index (χ4n) is 2.05. The number of rotatable bonds is 5. The molecule has 4 nitrogen and oxygen atoms in total. The molecule has 1 aliphatic rings. The van der Waals surface area contributed by atoms with E-state index >= 15 is 0 Å². The zero-order valence-electron chi connectivity index (χ0n) is 11.5.